The summed E-state index contributed by atoms with van der Waals surface area (Å²) in [4.78, 5) is 13.9. The third-order valence-corrected chi connectivity index (χ3v) is 4.25. The molecule has 0 aliphatic carbocycles. The molecule has 0 spiro atoms. The summed E-state index contributed by atoms with van der Waals surface area (Å²) in [5.41, 5.74) is 5.02. The molecule has 1 aromatic carbocycles. The summed E-state index contributed by atoms with van der Waals surface area (Å²) < 4.78 is 26.8. The Kier molecular flexibility index (Phi) is 3.99. The Balaban J connectivity index is 2.26. The predicted octanol–water partition coefficient (Wildman–Crippen LogP) is 2.51. The van der Waals surface area contributed by atoms with E-state index in [1.807, 2.05) is 13.8 Å². The van der Waals surface area contributed by atoms with Crippen molar-refractivity contribution in [3.63, 3.8) is 0 Å². The first kappa shape index (κ1) is 14.1. The van der Waals surface area contributed by atoms with Crippen molar-refractivity contribution in [3.8, 4) is 0 Å². The maximum Gasteiger partial charge on any atom is 0.256 e. The van der Waals surface area contributed by atoms with Gasteiger partial charge in [-0.1, -0.05) is 13.8 Å². The second-order valence-corrected chi connectivity index (χ2v) is 6.70. The Morgan fingerprint density at radius 2 is 1.84 bits per heavy atom. The standard InChI is InChI=1S/C13H16F2N2OS/c1-7-5-17(6-8(2)19-7)13(18)9-3-12(16)11(15)4-10(9)14/h3-4,7-8H,5-6,16H2,1-2H3. The number of anilines is 1. The molecule has 1 aliphatic rings. The smallest absolute Gasteiger partial charge is 0.256 e. The highest BCUT2D eigenvalue weighted by Crippen LogP contribution is 2.27. The van der Waals surface area contributed by atoms with E-state index in [4.69, 9.17) is 5.73 Å². The van der Waals surface area contributed by atoms with Crippen LogP contribution in [0.5, 0.6) is 0 Å². The van der Waals surface area contributed by atoms with Gasteiger partial charge in [0.15, 0.2) is 0 Å². The van der Waals surface area contributed by atoms with Crippen molar-refractivity contribution in [2.24, 2.45) is 0 Å². The summed E-state index contributed by atoms with van der Waals surface area (Å²) in [6, 6.07) is 1.73. The predicted molar refractivity (Wildman–Crippen MR) is 73.2 cm³/mol. The van der Waals surface area contributed by atoms with Crippen molar-refractivity contribution in [2.75, 3.05) is 18.8 Å². The van der Waals surface area contributed by atoms with Gasteiger partial charge in [-0.3, -0.25) is 4.79 Å². The zero-order valence-corrected chi connectivity index (χ0v) is 11.6. The zero-order chi connectivity index (χ0) is 14.2. The minimum absolute atomic E-state index is 0.162. The molecule has 2 rings (SSSR count). The fourth-order valence-corrected chi connectivity index (χ4v) is 3.57. The van der Waals surface area contributed by atoms with Gasteiger partial charge in [0.2, 0.25) is 0 Å². The Labute approximate surface area is 115 Å². The van der Waals surface area contributed by atoms with Gasteiger partial charge in [-0.25, -0.2) is 8.78 Å². The number of halogens is 2. The van der Waals surface area contributed by atoms with Crippen LogP contribution in [0, 0.1) is 11.6 Å². The Morgan fingerprint density at radius 1 is 1.26 bits per heavy atom. The molecule has 2 unspecified atom stereocenters. The monoisotopic (exact) mass is 286 g/mol. The third kappa shape index (κ3) is 3.00. The van der Waals surface area contributed by atoms with Gasteiger partial charge in [-0.15, -0.1) is 0 Å². The van der Waals surface area contributed by atoms with Crippen molar-refractivity contribution >= 4 is 23.4 Å². The maximum atomic E-state index is 13.7. The van der Waals surface area contributed by atoms with Crippen LogP contribution in [-0.4, -0.2) is 34.4 Å². The highest BCUT2D eigenvalue weighted by molar-refractivity contribution is 8.00. The van der Waals surface area contributed by atoms with Gasteiger partial charge in [0.05, 0.1) is 11.3 Å². The van der Waals surface area contributed by atoms with E-state index < -0.39 is 17.5 Å². The molecule has 1 saturated heterocycles. The second kappa shape index (κ2) is 5.36. The summed E-state index contributed by atoms with van der Waals surface area (Å²) in [5.74, 6) is -2.14. The van der Waals surface area contributed by atoms with Crippen LogP contribution in [0.3, 0.4) is 0 Å². The Hall–Kier alpha value is -1.30. The third-order valence-electron chi connectivity index (χ3n) is 3.02. The van der Waals surface area contributed by atoms with Gasteiger partial charge in [-0.2, -0.15) is 11.8 Å². The highest BCUT2D eigenvalue weighted by Gasteiger charge is 2.28. The second-order valence-electron chi connectivity index (χ2n) is 4.82. The fourth-order valence-electron chi connectivity index (χ4n) is 2.24. The van der Waals surface area contributed by atoms with Crippen LogP contribution in [-0.2, 0) is 0 Å². The Bertz CT molecular complexity index is 500. The van der Waals surface area contributed by atoms with E-state index in [2.05, 4.69) is 0 Å². The lowest BCUT2D eigenvalue weighted by molar-refractivity contribution is 0.0748. The van der Waals surface area contributed by atoms with E-state index in [0.29, 0.717) is 29.7 Å². The molecule has 1 aliphatic heterocycles. The molecule has 2 N–H and O–H groups in total. The maximum absolute atomic E-state index is 13.7. The number of amides is 1. The lowest BCUT2D eigenvalue weighted by Crippen LogP contribution is -2.44. The molecule has 1 aromatic rings. The van der Waals surface area contributed by atoms with Crippen LogP contribution in [0.2, 0.25) is 0 Å². The lowest BCUT2D eigenvalue weighted by Gasteiger charge is -2.34. The van der Waals surface area contributed by atoms with Crippen LogP contribution in [0.4, 0.5) is 14.5 Å². The van der Waals surface area contributed by atoms with Crippen molar-refractivity contribution < 1.29 is 13.6 Å². The number of nitrogens with zero attached hydrogens (tertiary/aromatic N) is 1. The molecule has 1 amide bonds. The van der Waals surface area contributed by atoms with Crippen LogP contribution in [0.15, 0.2) is 12.1 Å². The van der Waals surface area contributed by atoms with Gasteiger partial charge < -0.3 is 10.6 Å². The molecule has 2 atom stereocenters. The molecule has 1 heterocycles. The largest absolute Gasteiger partial charge is 0.396 e. The summed E-state index contributed by atoms with van der Waals surface area (Å²) >= 11 is 1.80. The van der Waals surface area contributed by atoms with E-state index >= 15 is 0 Å². The van der Waals surface area contributed by atoms with Crippen molar-refractivity contribution in [1.29, 1.82) is 0 Å². The molecule has 0 saturated carbocycles. The molecule has 0 aromatic heterocycles. The van der Waals surface area contributed by atoms with Gasteiger partial charge >= 0.3 is 0 Å². The molecule has 0 bridgehead atoms. The number of rotatable bonds is 1. The molecular weight excluding hydrogens is 270 g/mol. The van der Waals surface area contributed by atoms with Crippen molar-refractivity contribution in [3.05, 3.63) is 29.3 Å². The number of benzene rings is 1. The van der Waals surface area contributed by atoms with Gasteiger partial charge in [0, 0.05) is 29.7 Å². The van der Waals surface area contributed by atoms with E-state index in [0.717, 1.165) is 6.07 Å². The van der Waals surface area contributed by atoms with Crippen LogP contribution < -0.4 is 5.73 Å². The number of nitrogens with two attached hydrogens (primary N) is 1. The van der Waals surface area contributed by atoms with Gasteiger partial charge in [0.25, 0.3) is 5.91 Å². The number of nitrogen functional groups attached to an aromatic ring is 1. The number of hydrogen-bond acceptors (Lipinski definition) is 3. The topological polar surface area (TPSA) is 46.3 Å². The molecule has 19 heavy (non-hydrogen) atoms. The zero-order valence-electron chi connectivity index (χ0n) is 10.8. The van der Waals surface area contributed by atoms with E-state index in [1.54, 1.807) is 16.7 Å². The van der Waals surface area contributed by atoms with E-state index in [1.165, 1.54) is 0 Å². The summed E-state index contributed by atoms with van der Waals surface area (Å²) in [6.45, 7) is 5.17. The van der Waals surface area contributed by atoms with Crippen molar-refractivity contribution in [1.82, 2.24) is 4.90 Å². The lowest BCUT2D eigenvalue weighted by atomic mass is 10.1. The minimum Gasteiger partial charge on any atom is -0.396 e. The highest BCUT2D eigenvalue weighted by atomic mass is 32.2. The van der Waals surface area contributed by atoms with Crippen LogP contribution in [0.25, 0.3) is 0 Å². The average Bonchev–Trinajstić information content (AvgIpc) is 2.31. The molecule has 1 fully saturated rings. The van der Waals surface area contributed by atoms with Crippen molar-refractivity contribution in [2.45, 2.75) is 24.3 Å². The van der Waals surface area contributed by atoms with E-state index in [-0.39, 0.29) is 11.3 Å². The first-order valence-corrected chi connectivity index (χ1v) is 7.02. The normalized spacial score (nSPS) is 23.5. The fraction of sp³-hybridized carbons (Fsp3) is 0.462. The first-order chi connectivity index (χ1) is 8.88. The molecular formula is C13H16F2N2OS. The minimum atomic E-state index is -0.866. The summed E-state index contributed by atoms with van der Waals surface area (Å²) in [7, 11) is 0. The summed E-state index contributed by atoms with van der Waals surface area (Å²) in [6.07, 6.45) is 0. The average molecular weight is 286 g/mol. The quantitative estimate of drug-likeness (QED) is 0.807. The number of hydrogen-bond donors (Lipinski definition) is 1. The SMILES string of the molecule is CC1CN(C(=O)c2cc(N)c(F)cc2F)CC(C)S1. The number of thioether (sulfide) groups is 1. The molecule has 3 nitrogen and oxygen atoms in total. The first-order valence-electron chi connectivity index (χ1n) is 6.07. The van der Waals surface area contributed by atoms with E-state index in [9.17, 15) is 13.6 Å². The molecule has 104 valence electrons. The molecule has 0 radical (unpaired) electrons. The van der Waals surface area contributed by atoms with Crippen LogP contribution in [0.1, 0.15) is 24.2 Å². The van der Waals surface area contributed by atoms with Gasteiger partial charge in [0.1, 0.15) is 11.6 Å². The van der Waals surface area contributed by atoms with Gasteiger partial charge in [-0.05, 0) is 6.07 Å². The Morgan fingerprint density at radius 3 is 2.42 bits per heavy atom. The summed E-state index contributed by atoms with van der Waals surface area (Å²) in [5, 5.41) is 0.599. The van der Waals surface area contributed by atoms with Crippen LogP contribution >= 0.6 is 11.8 Å². The number of carbonyl (C=O) groups is 1. The number of carbonyl (C=O) groups excluding carboxylic acids is 1. The molecule has 6 heteroatoms.